The summed E-state index contributed by atoms with van der Waals surface area (Å²) in [6.45, 7) is 8.81. The highest BCUT2D eigenvalue weighted by atomic mass is 32.1. The third-order valence-corrected chi connectivity index (χ3v) is 4.64. The van der Waals surface area contributed by atoms with Crippen molar-refractivity contribution in [2.24, 2.45) is 5.73 Å². The molecule has 1 aliphatic heterocycles. The second-order valence-electron chi connectivity index (χ2n) is 5.15. The maximum absolute atomic E-state index is 5.55. The molecule has 1 aliphatic rings. The molecule has 4 nitrogen and oxygen atoms in total. The van der Waals surface area contributed by atoms with Crippen molar-refractivity contribution in [1.82, 2.24) is 9.88 Å². The molecule has 1 aromatic heterocycles. The molecule has 0 aromatic carbocycles. The van der Waals surface area contributed by atoms with Crippen molar-refractivity contribution in [2.75, 3.05) is 44.2 Å². The second-order valence-corrected chi connectivity index (χ2v) is 5.99. The summed E-state index contributed by atoms with van der Waals surface area (Å²) in [4.78, 5) is 9.73. The van der Waals surface area contributed by atoms with Gasteiger partial charge in [-0.15, -0.1) is 11.3 Å². The Morgan fingerprint density at radius 1 is 1.26 bits per heavy atom. The van der Waals surface area contributed by atoms with E-state index in [0.29, 0.717) is 0 Å². The molecule has 0 atom stereocenters. The number of anilines is 1. The molecular formula is C14H26N4S. The first-order valence-electron chi connectivity index (χ1n) is 7.45. The van der Waals surface area contributed by atoms with E-state index in [4.69, 9.17) is 10.7 Å². The zero-order chi connectivity index (χ0) is 13.5. The quantitative estimate of drug-likeness (QED) is 0.810. The molecule has 1 saturated heterocycles. The van der Waals surface area contributed by atoms with Gasteiger partial charge in [-0.2, -0.15) is 0 Å². The van der Waals surface area contributed by atoms with E-state index in [9.17, 15) is 0 Å². The SMILES string of the molecule is CCc1csc(N2CCCN(CCCCN)CC2)n1. The highest BCUT2D eigenvalue weighted by Gasteiger charge is 2.16. The van der Waals surface area contributed by atoms with Gasteiger partial charge >= 0.3 is 0 Å². The van der Waals surface area contributed by atoms with Crippen LogP contribution in [0.5, 0.6) is 0 Å². The minimum atomic E-state index is 0.818. The van der Waals surface area contributed by atoms with Crippen molar-refractivity contribution >= 4 is 16.5 Å². The molecule has 1 fully saturated rings. The first-order chi connectivity index (χ1) is 9.33. The number of thiazole rings is 1. The zero-order valence-corrected chi connectivity index (χ0v) is 12.8. The lowest BCUT2D eigenvalue weighted by Gasteiger charge is -2.21. The van der Waals surface area contributed by atoms with E-state index >= 15 is 0 Å². The summed E-state index contributed by atoms with van der Waals surface area (Å²) in [7, 11) is 0. The van der Waals surface area contributed by atoms with Crippen LogP contribution in [0.25, 0.3) is 0 Å². The van der Waals surface area contributed by atoms with Crippen LogP contribution in [-0.4, -0.2) is 49.2 Å². The Bertz CT molecular complexity index is 366. The number of rotatable bonds is 6. The zero-order valence-electron chi connectivity index (χ0n) is 12.0. The highest BCUT2D eigenvalue weighted by Crippen LogP contribution is 2.22. The average molecular weight is 282 g/mol. The summed E-state index contributed by atoms with van der Waals surface area (Å²) in [5.41, 5.74) is 6.78. The monoisotopic (exact) mass is 282 g/mol. The Morgan fingerprint density at radius 2 is 2.16 bits per heavy atom. The lowest BCUT2D eigenvalue weighted by atomic mass is 10.3. The highest BCUT2D eigenvalue weighted by molar-refractivity contribution is 7.13. The summed E-state index contributed by atoms with van der Waals surface area (Å²) in [6.07, 6.45) is 4.65. The van der Waals surface area contributed by atoms with Gasteiger partial charge in [-0.3, -0.25) is 0 Å². The Morgan fingerprint density at radius 3 is 2.89 bits per heavy atom. The van der Waals surface area contributed by atoms with Gasteiger partial charge in [-0.1, -0.05) is 6.92 Å². The van der Waals surface area contributed by atoms with E-state index in [1.54, 1.807) is 11.3 Å². The van der Waals surface area contributed by atoms with Gasteiger partial charge in [-0.05, 0) is 45.3 Å². The van der Waals surface area contributed by atoms with E-state index in [2.05, 4.69) is 22.1 Å². The lowest BCUT2D eigenvalue weighted by molar-refractivity contribution is 0.288. The van der Waals surface area contributed by atoms with E-state index in [1.807, 2.05) is 0 Å². The maximum Gasteiger partial charge on any atom is 0.185 e. The number of aryl methyl sites for hydroxylation is 1. The Hall–Kier alpha value is -0.650. The number of aromatic nitrogens is 1. The lowest BCUT2D eigenvalue weighted by Crippen LogP contribution is -2.31. The molecule has 1 aromatic rings. The first kappa shape index (κ1) is 14.8. The molecule has 0 unspecified atom stereocenters. The number of nitrogens with zero attached hydrogens (tertiary/aromatic N) is 3. The second kappa shape index (κ2) is 7.82. The van der Waals surface area contributed by atoms with E-state index in [-0.39, 0.29) is 0 Å². The summed E-state index contributed by atoms with van der Waals surface area (Å²) in [6, 6.07) is 0. The van der Waals surface area contributed by atoms with Crippen LogP contribution in [0.3, 0.4) is 0 Å². The van der Waals surface area contributed by atoms with Crippen LogP contribution in [0.15, 0.2) is 5.38 Å². The molecule has 108 valence electrons. The molecule has 0 bridgehead atoms. The maximum atomic E-state index is 5.55. The van der Waals surface area contributed by atoms with Crippen molar-refractivity contribution in [2.45, 2.75) is 32.6 Å². The van der Waals surface area contributed by atoms with Crippen molar-refractivity contribution < 1.29 is 0 Å². The number of nitrogens with two attached hydrogens (primary N) is 1. The fourth-order valence-corrected chi connectivity index (χ4v) is 3.43. The molecule has 2 heterocycles. The van der Waals surface area contributed by atoms with Crippen LogP contribution in [0.2, 0.25) is 0 Å². The molecule has 0 spiro atoms. The van der Waals surface area contributed by atoms with Gasteiger partial charge in [-0.25, -0.2) is 4.98 Å². The van der Waals surface area contributed by atoms with E-state index in [0.717, 1.165) is 39.0 Å². The fraction of sp³-hybridized carbons (Fsp3) is 0.786. The standard InChI is InChI=1S/C14H26N4S/c1-2-13-12-19-14(16-13)18-9-5-8-17(10-11-18)7-4-3-6-15/h12H,2-11,15H2,1H3. The van der Waals surface area contributed by atoms with Gasteiger partial charge in [0.05, 0.1) is 5.69 Å². The molecule has 19 heavy (non-hydrogen) atoms. The van der Waals surface area contributed by atoms with Crippen molar-refractivity contribution in [3.8, 4) is 0 Å². The number of unbranched alkanes of at least 4 members (excludes halogenated alkanes) is 1. The van der Waals surface area contributed by atoms with Gasteiger partial charge in [0.15, 0.2) is 5.13 Å². The molecule has 0 aliphatic carbocycles. The Kier molecular flexibility index (Phi) is 6.07. The van der Waals surface area contributed by atoms with Crippen LogP contribution < -0.4 is 10.6 Å². The van der Waals surface area contributed by atoms with E-state index in [1.165, 1.54) is 36.8 Å². The predicted octanol–water partition coefficient (Wildman–Crippen LogP) is 1.96. The molecule has 2 N–H and O–H groups in total. The minimum Gasteiger partial charge on any atom is -0.347 e. The molecule has 0 radical (unpaired) electrons. The number of hydrogen-bond donors (Lipinski definition) is 1. The summed E-state index contributed by atoms with van der Waals surface area (Å²) < 4.78 is 0. The normalized spacial score (nSPS) is 17.7. The fourth-order valence-electron chi connectivity index (χ4n) is 2.47. The number of hydrogen-bond acceptors (Lipinski definition) is 5. The topological polar surface area (TPSA) is 45.4 Å². The van der Waals surface area contributed by atoms with Crippen LogP contribution in [-0.2, 0) is 6.42 Å². The third kappa shape index (κ3) is 4.44. The molecule has 2 rings (SSSR count). The van der Waals surface area contributed by atoms with Gasteiger partial charge in [0.1, 0.15) is 0 Å². The van der Waals surface area contributed by atoms with Crippen LogP contribution in [0.4, 0.5) is 5.13 Å². The first-order valence-corrected chi connectivity index (χ1v) is 8.33. The molecule has 0 amide bonds. The van der Waals surface area contributed by atoms with Crippen molar-refractivity contribution in [3.63, 3.8) is 0 Å². The summed E-state index contributed by atoms with van der Waals surface area (Å²) >= 11 is 1.79. The smallest absolute Gasteiger partial charge is 0.185 e. The average Bonchev–Trinajstić information content (AvgIpc) is 2.79. The van der Waals surface area contributed by atoms with E-state index < -0.39 is 0 Å². The Balaban J connectivity index is 1.82. The van der Waals surface area contributed by atoms with Gasteiger partial charge in [0, 0.05) is 25.0 Å². The largest absolute Gasteiger partial charge is 0.347 e. The van der Waals surface area contributed by atoms with Gasteiger partial charge < -0.3 is 15.5 Å². The molecule has 0 saturated carbocycles. The Labute approximate surface area is 120 Å². The van der Waals surface area contributed by atoms with Crippen LogP contribution >= 0.6 is 11.3 Å². The van der Waals surface area contributed by atoms with Crippen LogP contribution in [0.1, 0.15) is 31.9 Å². The molecule has 5 heteroatoms. The molecular weight excluding hydrogens is 256 g/mol. The van der Waals surface area contributed by atoms with Gasteiger partial charge in [0.25, 0.3) is 0 Å². The third-order valence-electron chi connectivity index (χ3n) is 3.69. The van der Waals surface area contributed by atoms with Crippen molar-refractivity contribution in [1.29, 1.82) is 0 Å². The van der Waals surface area contributed by atoms with Crippen LogP contribution in [0, 0.1) is 0 Å². The van der Waals surface area contributed by atoms with Crippen molar-refractivity contribution in [3.05, 3.63) is 11.1 Å². The minimum absolute atomic E-state index is 0.818. The predicted molar refractivity (Wildman–Crippen MR) is 83.1 cm³/mol. The van der Waals surface area contributed by atoms with Gasteiger partial charge in [0.2, 0.25) is 0 Å². The summed E-state index contributed by atoms with van der Waals surface area (Å²) in [5.74, 6) is 0. The summed E-state index contributed by atoms with van der Waals surface area (Å²) in [5, 5.41) is 3.40.